The van der Waals surface area contributed by atoms with Crippen molar-refractivity contribution < 1.29 is 0 Å². The van der Waals surface area contributed by atoms with Gasteiger partial charge in [0.15, 0.2) is 0 Å². The van der Waals surface area contributed by atoms with E-state index in [2.05, 4.69) is 15.0 Å². The Hall–Kier alpha value is -1.66. The fourth-order valence-electron chi connectivity index (χ4n) is 1.93. The smallest absolute Gasteiger partial charge is 0.122 e. The summed E-state index contributed by atoms with van der Waals surface area (Å²) in [7, 11) is 5.94. The van der Waals surface area contributed by atoms with E-state index >= 15 is 0 Å². The summed E-state index contributed by atoms with van der Waals surface area (Å²) < 4.78 is 3.79. The van der Waals surface area contributed by atoms with Gasteiger partial charge in [0, 0.05) is 50.8 Å². The van der Waals surface area contributed by atoms with E-state index < -0.39 is 0 Å². The highest BCUT2D eigenvalue weighted by atomic mass is 15.2. The molecule has 2 aromatic heterocycles. The predicted octanol–water partition coefficient (Wildman–Crippen LogP) is 0.285. The number of hydrogen-bond donors (Lipinski definition) is 1. The van der Waals surface area contributed by atoms with Crippen molar-refractivity contribution in [1.29, 1.82) is 0 Å². The molecular formula is C12H20N6. The van der Waals surface area contributed by atoms with Gasteiger partial charge >= 0.3 is 0 Å². The second-order valence-electron chi connectivity index (χ2n) is 4.70. The Morgan fingerprint density at radius 3 is 2.78 bits per heavy atom. The van der Waals surface area contributed by atoms with Crippen LogP contribution in [0, 0.1) is 0 Å². The van der Waals surface area contributed by atoms with Crippen LogP contribution in [0.1, 0.15) is 17.4 Å². The number of imidazole rings is 1. The number of aromatic nitrogens is 4. The third-order valence-corrected chi connectivity index (χ3v) is 2.99. The minimum Gasteiger partial charge on any atom is -0.337 e. The maximum atomic E-state index is 6.15. The zero-order valence-electron chi connectivity index (χ0n) is 11.1. The molecule has 0 radical (unpaired) electrons. The van der Waals surface area contributed by atoms with Crippen molar-refractivity contribution in [1.82, 2.24) is 24.2 Å². The van der Waals surface area contributed by atoms with E-state index in [4.69, 9.17) is 5.73 Å². The summed E-state index contributed by atoms with van der Waals surface area (Å²) in [6.07, 6.45) is 7.53. The van der Waals surface area contributed by atoms with Gasteiger partial charge in [-0.2, -0.15) is 5.10 Å². The first-order valence-corrected chi connectivity index (χ1v) is 5.95. The fraction of sp³-hybridized carbons (Fsp3) is 0.500. The average Bonchev–Trinajstić information content (AvgIpc) is 2.89. The molecule has 2 rings (SSSR count). The second kappa shape index (κ2) is 5.32. The topological polar surface area (TPSA) is 64.9 Å². The van der Waals surface area contributed by atoms with Crippen molar-refractivity contribution in [2.45, 2.75) is 12.6 Å². The Bertz CT molecular complexity index is 500. The molecule has 6 heteroatoms. The number of likely N-dealkylation sites (N-methyl/N-ethyl adjacent to an activating group) is 1. The first-order valence-electron chi connectivity index (χ1n) is 5.95. The molecule has 0 amide bonds. The largest absolute Gasteiger partial charge is 0.337 e. The summed E-state index contributed by atoms with van der Waals surface area (Å²) in [6, 6.07) is -0.0241. The van der Waals surface area contributed by atoms with Crippen molar-refractivity contribution >= 4 is 0 Å². The summed E-state index contributed by atoms with van der Waals surface area (Å²) in [5, 5.41) is 4.14. The summed E-state index contributed by atoms with van der Waals surface area (Å²) in [5.41, 5.74) is 7.21. The van der Waals surface area contributed by atoms with Crippen LogP contribution in [0.15, 0.2) is 24.8 Å². The highest BCUT2D eigenvalue weighted by Gasteiger charge is 2.12. The van der Waals surface area contributed by atoms with Gasteiger partial charge in [-0.3, -0.25) is 9.58 Å². The molecule has 0 aromatic carbocycles. The lowest BCUT2D eigenvalue weighted by molar-refractivity contribution is 0.295. The number of hydrogen-bond acceptors (Lipinski definition) is 4. The zero-order valence-corrected chi connectivity index (χ0v) is 11.1. The van der Waals surface area contributed by atoms with Gasteiger partial charge in [-0.05, 0) is 7.05 Å². The molecule has 98 valence electrons. The molecule has 18 heavy (non-hydrogen) atoms. The van der Waals surface area contributed by atoms with Gasteiger partial charge < -0.3 is 10.3 Å². The van der Waals surface area contributed by atoms with Crippen LogP contribution in [0.4, 0.5) is 0 Å². The molecule has 0 bridgehead atoms. The number of nitrogens with two attached hydrogens (primary N) is 1. The van der Waals surface area contributed by atoms with Crippen LogP contribution in [0.3, 0.4) is 0 Å². The Labute approximate surface area is 107 Å². The van der Waals surface area contributed by atoms with Gasteiger partial charge in [0.2, 0.25) is 0 Å². The third-order valence-electron chi connectivity index (χ3n) is 2.99. The molecule has 0 aliphatic rings. The minimum absolute atomic E-state index is 0.0241. The quantitative estimate of drug-likeness (QED) is 0.825. The average molecular weight is 248 g/mol. The summed E-state index contributed by atoms with van der Waals surface area (Å²) in [5.74, 6) is 1.04. The normalized spacial score (nSPS) is 13.2. The van der Waals surface area contributed by atoms with E-state index in [1.807, 2.05) is 50.5 Å². The highest BCUT2D eigenvalue weighted by molar-refractivity contribution is 5.10. The molecule has 1 atom stereocenters. The van der Waals surface area contributed by atoms with Gasteiger partial charge in [0.25, 0.3) is 0 Å². The predicted molar refractivity (Wildman–Crippen MR) is 69.7 cm³/mol. The minimum atomic E-state index is -0.0241. The summed E-state index contributed by atoms with van der Waals surface area (Å²) in [6.45, 7) is 1.57. The van der Waals surface area contributed by atoms with Crippen LogP contribution in [0.2, 0.25) is 0 Å². The molecule has 0 aliphatic heterocycles. The lowest BCUT2D eigenvalue weighted by Gasteiger charge is -2.20. The van der Waals surface area contributed by atoms with E-state index in [0.717, 1.165) is 24.5 Å². The Kier molecular flexibility index (Phi) is 3.78. The molecular weight excluding hydrogens is 228 g/mol. The molecule has 2 heterocycles. The van der Waals surface area contributed by atoms with Gasteiger partial charge in [-0.15, -0.1) is 0 Å². The molecule has 2 N–H and O–H groups in total. The number of aryl methyl sites for hydroxylation is 2. The van der Waals surface area contributed by atoms with E-state index in [0.29, 0.717) is 0 Å². The SMILES string of the molecule is CN(Cc1nccn1C)CC(N)c1cnn(C)c1. The Balaban J connectivity index is 1.91. The maximum Gasteiger partial charge on any atom is 0.122 e. The van der Waals surface area contributed by atoms with Crippen molar-refractivity contribution in [2.75, 3.05) is 13.6 Å². The molecule has 0 saturated heterocycles. The van der Waals surface area contributed by atoms with Crippen molar-refractivity contribution in [3.8, 4) is 0 Å². The fourth-order valence-corrected chi connectivity index (χ4v) is 1.93. The first kappa shape index (κ1) is 12.8. The van der Waals surface area contributed by atoms with Crippen LogP contribution in [0.25, 0.3) is 0 Å². The highest BCUT2D eigenvalue weighted by Crippen LogP contribution is 2.10. The second-order valence-corrected chi connectivity index (χ2v) is 4.70. The van der Waals surface area contributed by atoms with Crippen LogP contribution in [-0.4, -0.2) is 37.8 Å². The van der Waals surface area contributed by atoms with Crippen LogP contribution < -0.4 is 5.73 Å². The third kappa shape index (κ3) is 2.96. The lowest BCUT2D eigenvalue weighted by Crippen LogP contribution is -2.29. The molecule has 0 saturated carbocycles. The molecule has 1 unspecified atom stereocenters. The molecule has 0 fully saturated rings. The summed E-state index contributed by atoms with van der Waals surface area (Å²) in [4.78, 5) is 6.47. The lowest BCUT2D eigenvalue weighted by atomic mass is 10.1. The van der Waals surface area contributed by atoms with Crippen molar-refractivity contribution in [2.24, 2.45) is 19.8 Å². The Morgan fingerprint density at radius 2 is 2.22 bits per heavy atom. The van der Waals surface area contributed by atoms with E-state index in [9.17, 15) is 0 Å². The standard InChI is InChI=1S/C12H20N6/c1-16(9-12-14-4-5-17(12)2)8-11(13)10-6-15-18(3)7-10/h4-7,11H,8-9,13H2,1-3H3. The molecule has 2 aromatic rings. The molecule has 6 nitrogen and oxygen atoms in total. The van der Waals surface area contributed by atoms with Gasteiger partial charge in [-0.25, -0.2) is 4.98 Å². The van der Waals surface area contributed by atoms with Crippen molar-refractivity contribution in [3.63, 3.8) is 0 Å². The van der Waals surface area contributed by atoms with Gasteiger partial charge in [-0.1, -0.05) is 0 Å². The maximum absolute atomic E-state index is 6.15. The van der Waals surface area contributed by atoms with Crippen LogP contribution in [-0.2, 0) is 20.6 Å². The van der Waals surface area contributed by atoms with E-state index in [1.165, 1.54) is 0 Å². The van der Waals surface area contributed by atoms with Crippen LogP contribution >= 0.6 is 0 Å². The van der Waals surface area contributed by atoms with Gasteiger partial charge in [0.05, 0.1) is 12.7 Å². The zero-order chi connectivity index (χ0) is 13.1. The monoisotopic (exact) mass is 248 g/mol. The van der Waals surface area contributed by atoms with Gasteiger partial charge in [0.1, 0.15) is 5.82 Å². The van der Waals surface area contributed by atoms with Crippen molar-refractivity contribution in [3.05, 3.63) is 36.2 Å². The molecule has 0 spiro atoms. The number of nitrogens with zero attached hydrogens (tertiary/aromatic N) is 5. The van der Waals surface area contributed by atoms with E-state index in [1.54, 1.807) is 4.68 Å². The Morgan fingerprint density at radius 1 is 1.44 bits per heavy atom. The summed E-state index contributed by atoms with van der Waals surface area (Å²) >= 11 is 0. The first-order chi connectivity index (χ1) is 8.56. The number of rotatable bonds is 5. The van der Waals surface area contributed by atoms with Crippen LogP contribution in [0.5, 0.6) is 0 Å². The van der Waals surface area contributed by atoms with E-state index in [-0.39, 0.29) is 6.04 Å². The molecule has 0 aliphatic carbocycles.